The Balaban J connectivity index is 1.76. The van der Waals surface area contributed by atoms with Crippen molar-refractivity contribution in [3.8, 4) is 0 Å². The van der Waals surface area contributed by atoms with Gasteiger partial charge in [0.05, 0.1) is 30.0 Å². The summed E-state index contributed by atoms with van der Waals surface area (Å²) in [6, 6.07) is 7.86. The summed E-state index contributed by atoms with van der Waals surface area (Å²) < 4.78 is 5.47. The van der Waals surface area contributed by atoms with Crippen molar-refractivity contribution in [1.29, 1.82) is 0 Å². The minimum Gasteiger partial charge on any atom is -0.379 e. The van der Waals surface area contributed by atoms with Crippen molar-refractivity contribution in [3.05, 3.63) is 50.4 Å². The summed E-state index contributed by atoms with van der Waals surface area (Å²) in [6.45, 7) is 7.48. The maximum Gasteiger partial charge on any atom is 0.263 e. The fourth-order valence-electron chi connectivity index (χ4n) is 3.15. The van der Waals surface area contributed by atoms with Gasteiger partial charge in [0, 0.05) is 24.7 Å². The molecule has 1 atom stereocenters. The van der Waals surface area contributed by atoms with Crippen molar-refractivity contribution >= 4 is 28.8 Å². The van der Waals surface area contributed by atoms with Gasteiger partial charge in [0.1, 0.15) is 4.88 Å². The van der Waals surface area contributed by atoms with E-state index in [1.807, 2.05) is 38.1 Å². The third-order valence-corrected chi connectivity index (χ3v) is 6.20. The number of halogens is 1. The molecule has 1 amide bonds. The van der Waals surface area contributed by atoms with E-state index in [0.717, 1.165) is 40.8 Å². The molecule has 1 aliphatic rings. The number of carbonyl (C=O) groups excluding carboxylic acids is 1. The Kier molecular flexibility index (Phi) is 6.64. The molecule has 26 heavy (non-hydrogen) atoms. The fourth-order valence-corrected chi connectivity index (χ4v) is 4.34. The molecule has 1 N–H and O–H groups in total. The summed E-state index contributed by atoms with van der Waals surface area (Å²) in [4.78, 5) is 20.1. The molecule has 0 saturated carbocycles. The number of morpholine rings is 1. The highest BCUT2D eigenvalue weighted by molar-refractivity contribution is 7.13. The smallest absolute Gasteiger partial charge is 0.263 e. The molecule has 140 valence electrons. The maximum atomic E-state index is 12.7. The van der Waals surface area contributed by atoms with E-state index in [0.29, 0.717) is 24.6 Å². The first-order valence-electron chi connectivity index (χ1n) is 8.91. The second-order valence-electron chi connectivity index (χ2n) is 6.27. The van der Waals surface area contributed by atoms with Crippen LogP contribution < -0.4 is 5.32 Å². The van der Waals surface area contributed by atoms with Crippen molar-refractivity contribution in [1.82, 2.24) is 15.2 Å². The van der Waals surface area contributed by atoms with Crippen LogP contribution in [0.5, 0.6) is 0 Å². The number of aromatic nitrogens is 1. The maximum absolute atomic E-state index is 12.7. The van der Waals surface area contributed by atoms with Crippen molar-refractivity contribution in [2.24, 2.45) is 0 Å². The normalized spacial score (nSPS) is 16.4. The van der Waals surface area contributed by atoms with Crippen LogP contribution in [0.2, 0.25) is 5.02 Å². The number of thiazole rings is 1. The van der Waals surface area contributed by atoms with Crippen LogP contribution in [0.15, 0.2) is 24.3 Å². The Labute approximate surface area is 163 Å². The number of aryl methyl sites for hydroxylation is 2. The van der Waals surface area contributed by atoms with Gasteiger partial charge in [-0.3, -0.25) is 9.69 Å². The first kappa shape index (κ1) is 19.3. The summed E-state index contributed by atoms with van der Waals surface area (Å²) in [5.74, 6) is -0.0648. The second kappa shape index (κ2) is 8.95. The van der Waals surface area contributed by atoms with E-state index in [1.54, 1.807) is 0 Å². The topological polar surface area (TPSA) is 54.5 Å². The highest BCUT2D eigenvalue weighted by Gasteiger charge is 2.25. The highest BCUT2D eigenvalue weighted by atomic mass is 35.5. The lowest BCUT2D eigenvalue weighted by Crippen LogP contribution is -2.43. The van der Waals surface area contributed by atoms with Gasteiger partial charge < -0.3 is 10.1 Å². The Morgan fingerprint density at radius 2 is 2.12 bits per heavy atom. The molecule has 0 spiro atoms. The molecule has 0 aliphatic carbocycles. The number of hydrogen-bond acceptors (Lipinski definition) is 5. The second-order valence-corrected chi connectivity index (χ2v) is 7.76. The van der Waals surface area contributed by atoms with E-state index < -0.39 is 0 Å². The Morgan fingerprint density at radius 1 is 1.38 bits per heavy atom. The number of rotatable bonds is 6. The predicted octanol–water partition coefficient (Wildman–Crippen LogP) is 3.47. The molecule has 0 bridgehead atoms. The van der Waals surface area contributed by atoms with E-state index in [-0.39, 0.29) is 11.9 Å². The average molecular weight is 394 g/mol. The quantitative estimate of drug-likeness (QED) is 0.816. The van der Waals surface area contributed by atoms with Gasteiger partial charge in [-0.15, -0.1) is 11.3 Å². The lowest BCUT2D eigenvalue weighted by atomic mass is 10.0. The zero-order chi connectivity index (χ0) is 18.5. The highest BCUT2D eigenvalue weighted by Crippen LogP contribution is 2.28. The van der Waals surface area contributed by atoms with Gasteiger partial charge in [-0.2, -0.15) is 0 Å². The first-order chi connectivity index (χ1) is 12.6. The Hall–Kier alpha value is -1.47. The van der Waals surface area contributed by atoms with Crippen LogP contribution in [0.3, 0.4) is 0 Å². The third-order valence-electron chi connectivity index (χ3n) is 4.56. The van der Waals surface area contributed by atoms with Crippen LogP contribution in [0.1, 0.15) is 38.9 Å². The predicted molar refractivity (Wildman–Crippen MR) is 105 cm³/mol. The first-order valence-corrected chi connectivity index (χ1v) is 10.1. The zero-order valence-corrected chi connectivity index (χ0v) is 16.7. The van der Waals surface area contributed by atoms with E-state index in [9.17, 15) is 4.79 Å². The molecule has 7 heteroatoms. The number of carbonyl (C=O) groups is 1. The number of nitrogens with zero attached hydrogens (tertiary/aromatic N) is 2. The minimum absolute atomic E-state index is 0.0235. The van der Waals surface area contributed by atoms with Crippen molar-refractivity contribution in [2.75, 3.05) is 32.8 Å². The molecule has 0 radical (unpaired) electrons. The standard InChI is InChI=1S/C19H24ClN3O2S/c1-3-17-22-13(2)18(26-17)19(24)21-12-16(23-8-10-25-11-9-23)14-6-4-5-7-15(14)20/h4-7,16H,3,8-12H2,1-2H3,(H,21,24). The monoisotopic (exact) mass is 393 g/mol. The summed E-state index contributed by atoms with van der Waals surface area (Å²) in [7, 11) is 0. The summed E-state index contributed by atoms with van der Waals surface area (Å²) in [5.41, 5.74) is 1.83. The van der Waals surface area contributed by atoms with E-state index in [2.05, 4.69) is 15.2 Å². The molecular formula is C19H24ClN3O2S. The lowest BCUT2D eigenvalue weighted by Gasteiger charge is -2.35. The SMILES string of the molecule is CCc1nc(C)c(C(=O)NCC(c2ccccc2Cl)N2CCOCC2)s1. The largest absolute Gasteiger partial charge is 0.379 e. The van der Waals surface area contributed by atoms with E-state index >= 15 is 0 Å². The summed E-state index contributed by atoms with van der Waals surface area (Å²) >= 11 is 7.91. The number of benzene rings is 1. The number of amides is 1. The van der Waals surface area contributed by atoms with Crippen LogP contribution in [-0.4, -0.2) is 48.6 Å². The lowest BCUT2D eigenvalue weighted by molar-refractivity contribution is 0.0162. The van der Waals surface area contributed by atoms with Crippen LogP contribution in [0.4, 0.5) is 0 Å². The molecule has 2 heterocycles. The molecule has 1 saturated heterocycles. The van der Waals surface area contributed by atoms with Gasteiger partial charge in [-0.05, 0) is 25.0 Å². The van der Waals surface area contributed by atoms with E-state index in [1.165, 1.54) is 11.3 Å². The molecule has 1 unspecified atom stereocenters. The number of hydrogen-bond donors (Lipinski definition) is 1. The molecule has 1 aromatic heterocycles. The Morgan fingerprint density at radius 3 is 2.77 bits per heavy atom. The van der Waals surface area contributed by atoms with Gasteiger partial charge in [0.15, 0.2) is 0 Å². The molecule has 1 fully saturated rings. The summed E-state index contributed by atoms with van der Waals surface area (Å²) in [6.07, 6.45) is 0.842. The molecule has 5 nitrogen and oxygen atoms in total. The molecule has 3 rings (SSSR count). The fraction of sp³-hybridized carbons (Fsp3) is 0.474. The van der Waals surface area contributed by atoms with Gasteiger partial charge in [0.2, 0.25) is 0 Å². The van der Waals surface area contributed by atoms with Crippen molar-refractivity contribution in [3.63, 3.8) is 0 Å². The van der Waals surface area contributed by atoms with Crippen molar-refractivity contribution in [2.45, 2.75) is 26.3 Å². The van der Waals surface area contributed by atoms with Gasteiger partial charge in [0.25, 0.3) is 5.91 Å². The van der Waals surface area contributed by atoms with Crippen LogP contribution in [-0.2, 0) is 11.2 Å². The zero-order valence-electron chi connectivity index (χ0n) is 15.1. The minimum atomic E-state index is -0.0648. The van der Waals surface area contributed by atoms with E-state index in [4.69, 9.17) is 16.3 Å². The van der Waals surface area contributed by atoms with Gasteiger partial charge in [-0.1, -0.05) is 36.7 Å². The molecule has 1 aliphatic heterocycles. The molecular weight excluding hydrogens is 370 g/mol. The van der Waals surface area contributed by atoms with Crippen LogP contribution in [0.25, 0.3) is 0 Å². The number of ether oxygens (including phenoxy) is 1. The third kappa shape index (κ3) is 4.43. The van der Waals surface area contributed by atoms with Crippen molar-refractivity contribution < 1.29 is 9.53 Å². The average Bonchev–Trinajstić information content (AvgIpc) is 3.05. The molecule has 1 aromatic carbocycles. The van der Waals surface area contributed by atoms with Crippen LogP contribution >= 0.6 is 22.9 Å². The number of nitrogens with one attached hydrogen (secondary N) is 1. The Bertz CT molecular complexity index is 759. The van der Waals surface area contributed by atoms with Gasteiger partial charge >= 0.3 is 0 Å². The summed E-state index contributed by atoms with van der Waals surface area (Å²) in [5, 5.41) is 4.80. The molecule has 2 aromatic rings. The van der Waals surface area contributed by atoms with Gasteiger partial charge in [-0.25, -0.2) is 4.98 Å². The van der Waals surface area contributed by atoms with Crippen LogP contribution in [0, 0.1) is 6.92 Å².